The molecule has 0 saturated heterocycles. The van der Waals surface area contributed by atoms with Gasteiger partial charge >= 0.3 is 0 Å². The normalized spacial score (nSPS) is 46.7. The molecule has 0 heterocycles. The van der Waals surface area contributed by atoms with Gasteiger partial charge in [0, 0.05) is 6.61 Å². The Kier molecular flexibility index (Phi) is 3.41. The van der Waals surface area contributed by atoms with Gasteiger partial charge in [0.1, 0.15) is 6.29 Å². The van der Waals surface area contributed by atoms with Crippen molar-refractivity contribution in [1.29, 1.82) is 0 Å². The summed E-state index contributed by atoms with van der Waals surface area (Å²) in [7, 11) is 0. The van der Waals surface area contributed by atoms with E-state index in [1.807, 2.05) is 13.8 Å². The van der Waals surface area contributed by atoms with E-state index in [1.165, 1.54) is 5.57 Å². The minimum absolute atomic E-state index is 0.0443. The number of rotatable bonds is 3. The van der Waals surface area contributed by atoms with Crippen molar-refractivity contribution in [2.45, 2.75) is 52.6 Å². The zero-order valence-corrected chi connectivity index (χ0v) is 11.6. The molecule has 0 aromatic carbocycles. The zero-order valence-electron chi connectivity index (χ0n) is 11.6. The second-order valence-electron chi connectivity index (χ2n) is 6.75. The van der Waals surface area contributed by atoms with Gasteiger partial charge < -0.3 is 10.2 Å². The molecule has 2 fully saturated rings. The summed E-state index contributed by atoms with van der Waals surface area (Å²) in [4.78, 5) is 10.9. The van der Waals surface area contributed by atoms with Gasteiger partial charge in [-0.05, 0) is 54.9 Å². The van der Waals surface area contributed by atoms with Crippen LogP contribution in [0.5, 0.6) is 0 Å². The van der Waals surface area contributed by atoms with E-state index >= 15 is 0 Å². The number of allylic oxidation sites excluding steroid dienone is 2. The van der Waals surface area contributed by atoms with Crippen molar-refractivity contribution in [2.75, 3.05) is 6.61 Å². The molecule has 0 bridgehead atoms. The van der Waals surface area contributed by atoms with Crippen LogP contribution >= 0.6 is 0 Å². The lowest BCUT2D eigenvalue weighted by Gasteiger charge is -2.48. The van der Waals surface area contributed by atoms with E-state index in [9.17, 15) is 15.0 Å². The van der Waals surface area contributed by atoms with Crippen LogP contribution < -0.4 is 0 Å². The molecule has 3 nitrogen and oxygen atoms in total. The third kappa shape index (κ3) is 1.94. The molecule has 0 aromatic rings. The van der Waals surface area contributed by atoms with Crippen LogP contribution in [0.15, 0.2) is 11.1 Å². The summed E-state index contributed by atoms with van der Waals surface area (Å²) in [6.45, 7) is 6.19. The predicted octanol–water partition coefficient (Wildman–Crippen LogP) is 2.07. The van der Waals surface area contributed by atoms with Gasteiger partial charge in [-0.2, -0.15) is 0 Å². The predicted molar refractivity (Wildman–Crippen MR) is 70.0 cm³/mol. The molecule has 0 unspecified atom stereocenters. The standard InChI is InChI=1S/C15H24O3/c1-10(8-16)11-4-5-15(11,3)12-6-14(2,9-17)7-13(12)18/h8,12-13,17-18H,4-7,9H2,1-3H3/b11-10+/t12-,13-,14+,15-/m1/s1. The van der Waals surface area contributed by atoms with E-state index in [-0.39, 0.29) is 29.5 Å². The first kappa shape index (κ1) is 13.8. The maximum Gasteiger partial charge on any atom is 0.145 e. The fourth-order valence-electron chi connectivity index (χ4n) is 3.95. The molecule has 2 N–H and O–H groups in total. The summed E-state index contributed by atoms with van der Waals surface area (Å²) in [5.74, 6) is 0.174. The van der Waals surface area contributed by atoms with Crippen LogP contribution in [0.2, 0.25) is 0 Å². The lowest BCUT2D eigenvalue weighted by Crippen LogP contribution is -2.41. The smallest absolute Gasteiger partial charge is 0.145 e. The first-order valence-electron chi connectivity index (χ1n) is 6.81. The van der Waals surface area contributed by atoms with Crippen LogP contribution in [-0.4, -0.2) is 29.2 Å². The second kappa shape index (κ2) is 4.46. The Bertz CT molecular complexity index is 387. The maximum atomic E-state index is 10.9. The number of hydrogen-bond acceptors (Lipinski definition) is 3. The molecule has 18 heavy (non-hydrogen) atoms. The molecule has 3 heteroatoms. The molecule has 0 radical (unpaired) electrons. The number of carbonyl (C=O) groups is 1. The second-order valence-corrected chi connectivity index (χ2v) is 6.75. The quantitative estimate of drug-likeness (QED) is 0.597. The monoisotopic (exact) mass is 252 g/mol. The third-order valence-corrected chi connectivity index (χ3v) is 5.32. The first-order valence-corrected chi connectivity index (χ1v) is 6.81. The summed E-state index contributed by atoms with van der Waals surface area (Å²) in [6, 6.07) is 0. The molecule has 2 aliphatic carbocycles. The van der Waals surface area contributed by atoms with Crippen LogP contribution in [0.3, 0.4) is 0 Å². The van der Waals surface area contributed by atoms with Gasteiger partial charge in [0.2, 0.25) is 0 Å². The molecule has 2 saturated carbocycles. The van der Waals surface area contributed by atoms with Crippen molar-refractivity contribution in [1.82, 2.24) is 0 Å². The summed E-state index contributed by atoms with van der Waals surface area (Å²) in [6.07, 6.45) is 4.09. The Balaban J connectivity index is 2.25. The van der Waals surface area contributed by atoms with Crippen molar-refractivity contribution in [2.24, 2.45) is 16.7 Å². The summed E-state index contributed by atoms with van der Waals surface area (Å²) < 4.78 is 0. The Labute approximate surface area is 109 Å². The van der Waals surface area contributed by atoms with Crippen LogP contribution in [0.1, 0.15) is 46.5 Å². The lowest BCUT2D eigenvalue weighted by atomic mass is 9.56. The Hall–Kier alpha value is -0.670. The summed E-state index contributed by atoms with van der Waals surface area (Å²) in [5, 5.41) is 19.8. The van der Waals surface area contributed by atoms with Crippen LogP contribution in [0.4, 0.5) is 0 Å². The van der Waals surface area contributed by atoms with E-state index in [0.717, 1.165) is 31.1 Å². The molecular formula is C15H24O3. The molecule has 0 amide bonds. The van der Waals surface area contributed by atoms with Gasteiger partial charge in [-0.3, -0.25) is 4.79 Å². The summed E-state index contributed by atoms with van der Waals surface area (Å²) in [5.41, 5.74) is 1.83. The number of aldehydes is 1. The van der Waals surface area contributed by atoms with Crippen molar-refractivity contribution < 1.29 is 15.0 Å². The van der Waals surface area contributed by atoms with Crippen molar-refractivity contribution in [3.05, 3.63) is 11.1 Å². The fourth-order valence-corrected chi connectivity index (χ4v) is 3.95. The third-order valence-electron chi connectivity index (χ3n) is 5.32. The first-order chi connectivity index (χ1) is 8.36. The van der Waals surface area contributed by atoms with Gasteiger partial charge in [-0.15, -0.1) is 0 Å². The van der Waals surface area contributed by atoms with Crippen molar-refractivity contribution in [3.63, 3.8) is 0 Å². The SMILES string of the molecule is C/C(C=O)=C1/CC[C@@]1(C)[C@@H]1C[C@](C)(CO)C[C@H]1O. The molecule has 0 aliphatic heterocycles. The average molecular weight is 252 g/mol. The largest absolute Gasteiger partial charge is 0.396 e. The fraction of sp³-hybridized carbons (Fsp3) is 0.800. The van der Waals surface area contributed by atoms with E-state index in [4.69, 9.17) is 0 Å². The zero-order chi connectivity index (χ0) is 13.6. The van der Waals surface area contributed by atoms with E-state index in [0.29, 0.717) is 6.42 Å². The van der Waals surface area contributed by atoms with Gasteiger partial charge in [0.15, 0.2) is 0 Å². The molecular weight excluding hydrogens is 228 g/mol. The molecule has 0 aromatic heterocycles. The van der Waals surface area contributed by atoms with Gasteiger partial charge in [0.05, 0.1) is 6.10 Å². The molecule has 2 rings (SSSR count). The number of aliphatic hydroxyl groups is 2. The molecule has 2 aliphatic rings. The minimum Gasteiger partial charge on any atom is -0.396 e. The highest BCUT2D eigenvalue weighted by atomic mass is 16.3. The van der Waals surface area contributed by atoms with E-state index in [1.54, 1.807) is 0 Å². The minimum atomic E-state index is -0.359. The van der Waals surface area contributed by atoms with Crippen LogP contribution in [-0.2, 0) is 4.79 Å². The Morgan fingerprint density at radius 2 is 2.11 bits per heavy atom. The van der Waals surface area contributed by atoms with Gasteiger partial charge in [-0.25, -0.2) is 0 Å². The van der Waals surface area contributed by atoms with Gasteiger partial charge in [-0.1, -0.05) is 19.4 Å². The highest BCUT2D eigenvalue weighted by Gasteiger charge is 2.53. The van der Waals surface area contributed by atoms with Crippen molar-refractivity contribution >= 4 is 6.29 Å². The highest BCUT2D eigenvalue weighted by molar-refractivity contribution is 5.74. The number of aliphatic hydroxyl groups excluding tert-OH is 2. The Morgan fingerprint density at radius 3 is 2.50 bits per heavy atom. The Morgan fingerprint density at radius 1 is 1.44 bits per heavy atom. The molecule has 102 valence electrons. The highest BCUT2D eigenvalue weighted by Crippen LogP contribution is 2.59. The van der Waals surface area contributed by atoms with Crippen molar-refractivity contribution in [3.8, 4) is 0 Å². The summed E-state index contributed by atoms with van der Waals surface area (Å²) >= 11 is 0. The number of carbonyl (C=O) groups excluding carboxylic acids is 1. The average Bonchev–Trinajstić information content (AvgIpc) is 2.63. The van der Waals surface area contributed by atoms with Gasteiger partial charge in [0.25, 0.3) is 0 Å². The van der Waals surface area contributed by atoms with Crippen LogP contribution in [0.25, 0.3) is 0 Å². The molecule has 4 atom stereocenters. The molecule has 0 spiro atoms. The maximum absolute atomic E-state index is 10.9. The van der Waals surface area contributed by atoms with E-state index < -0.39 is 0 Å². The topological polar surface area (TPSA) is 57.5 Å². The number of hydrogen-bond donors (Lipinski definition) is 2. The van der Waals surface area contributed by atoms with Crippen LogP contribution in [0, 0.1) is 16.7 Å². The van der Waals surface area contributed by atoms with E-state index in [2.05, 4.69) is 6.92 Å². The lowest BCUT2D eigenvalue weighted by molar-refractivity contribution is -0.105.